The number of rotatable bonds is 6. The van der Waals surface area contributed by atoms with Crippen LogP contribution in [0, 0.1) is 0 Å². The third-order valence-corrected chi connectivity index (χ3v) is 2.62. The fourth-order valence-electron chi connectivity index (χ4n) is 1.48. The highest BCUT2D eigenvalue weighted by molar-refractivity contribution is 6.31. The highest BCUT2D eigenvalue weighted by Crippen LogP contribution is 2.20. The molecule has 0 aromatic heterocycles. The summed E-state index contributed by atoms with van der Waals surface area (Å²) < 4.78 is 0. The van der Waals surface area contributed by atoms with Crippen molar-refractivity contribution in [1.29, 1.82) is 0 Å². The van der Waals surface area contributed by atoms with Crippen LogP contribution in [-0.2, 0) is 4.79 Å². The van der Waals surface area contributed by atoms with Gasteiger partial charge in [-0.05, 0) is 24.6 Å². The van der Waals surface area contributed by atoms with Gasteiger partial charge >= 0.3 is 0 Å². The average molecular weight is 270 g/mol. The van der Waals surface area contributed by atoms with Crippen molar-refractivity contribution in [2.24, 2.45) is 5.73 Å². The van der Waals surface area contributed by atoms with Crippen LogP contribution in [0.5, 0.6) is 0 Å². The van der Waals surface area contributed by atoms with Gasteiger partial charge in [0.25, 0.3) is 5.91 Å². The van der Waals surface area contributed by atoms with Crippen LogP contribution in [0.15, 0.2) is 18.2 Å². The van der Waals surface area contributed by atoms with E-state index in [1.807, 2.05) is 0 Å². The van der Waals surface area contributed by atoms with Crippen molar-refractivity contribution < 1.29 is 9.59 Å². The number of primary amides is 1. The summed E-state index contributed by atoms with van der Waals surface area (Å²) in [6.45, 7) is 0.400. The minimum Gasteiger partial charge on any atom is -0.387 e. The molecule has 1 aromatic rings. The number of carbonyl (C=O) groups excluding carboxylic acids is 2. The van der Waals surface area contributed by atoms with E-state index in [0.29, 0.717) is 29.2 Å². The second-order valence-electron chi connectivity index (χ2n) is 3.77. The zero-order chi connectivity index (χ0) is 13.5. The summed E-state index contributed by atoms with van der Waals surface area (Å²) in [7, 11) is 1.73. The molecule has 0 unspecified atom stereocenters. The first-order chi connectivity index (χ1) is 8.54. The highest BCUT2D eigenvalue weighted by atomic mass is 35.5. The quantitative estimate of drug-likeness (QED) is 0.682. The number of benzene rings is 1. The topological polar surface area (TPSA) is 84.2 Å². The van der Waals surface area contributed by atoms with Crippen LogP contribution in [-0.4, -0.2) is 25.4 Å². The van der Waals surface area contributed by atoms with E-state index in [1.165, 1.54) is 0 Å². The monoisotopic (exact) mass is 269 g/mol. The van der Waals surface area contributed by atoms with E-state index in [2.05, 4.69) is 10.6 Å². The maximum atomic E-state index is 11.9. The first kappa shape index (κ1) is 14.3. The van der Waals surface area contributed by atoms with Crippen LogP contribution in [0.25, 0.3) is 0 Å². The number of nitrogens with one attached hydrogen (secondary N) is 2. The maximum absolute atomic E-state index is 11.9. The smallest absolute Gasteiger partial charge is 0.253 e. The van der Waals surface area contributed by atoms with Crippen LogP contribution in [0.3, 0.4) is 0 Å². The van der Waals surface area contributed by atoms with Crippen LogP contribution in [0.2, 0.25) is 5.02 Å². The highest BCUT2D eigenvalue weighted by Gasteiger charge is 2.10. The van der Waals surface area contributed by atoms with Gasteiger partial charge in [-0.1, -0.05) is 11.6 Å². The number of hydrogen-bond acceptors (Lipinski definition) is 3. The predicted octanol–water partition coefficient (Wildman–Crippen LogP) is 1.38. The first-order valence-electron chi connectivity index (χ1n) is 5.58. The van der Waals surface area contributed by atoms with Crippen molar-refractivity contribution in [3.05, 3.63) is 28.8 Å². The molecule has 6 heteroatoms. The van der Waals surface area contributed by atoms with Gasteiger partial charge in [0.05, 0.1) is 5.56 Å². The zero-order valence-electron chi connectivity index (χ0n) is 10.1. The minimum atomic E-state index is -0.372. The number of halogens is 1. The van der Waals surface area contributed by atoms with Gasteiger partial charge in [-0.2, -0.15) is 0 Å². The predicted molar refractivity (Wildman–Crippen MR) is 71.8 cm³/mol. The van der Waals surface area contributed by atoms with Gasteiger partial charge in [-0.3, -0.25) is 9.59 Å². The number of nitrogens with two attached hydrogens (primary N) is 1. The van der Waals surface area contributed by atoms with Crippen molar-refractivity contribution in [3.63, 3.8) is 0 Å². The van der Waals surface area contributed by atoms with Gasteiger partial charge in [0.15, 0.2) is 0 Å². The maximum Gasteiger partial charge on any atom is 0.253 e. The number of hydrogen-bond donors (Lipinski definition) is 3. The fourth-order valence-corrected chi connectivity index (χ4v) is 1.65. The molecular formula is C12H16ClN3O2. The fraction of sp³-hybridized carbons (Fsp3) is 0.333. The molecular weight excluding hydrogens is 254 g/mol. The summed E-state index contributed by atoms with van der Waals surface area (Å²) in [5, 5.41) is 6.13. The van der Waals surface area contributed by atoms with Gasteiger partial charge in [0.1, 0.15) is 0 Å². The van der Waals surface area contributed by atoms with E-state index < -0.39 is 0 Å². The summed E-state index contributed by atoms with van der Waals surface area (Å²) in [6, 6.07) is 5.04. The van der Waals surface area contributed by atoms with Crippen molar-refractivity contribution in [1.82, 2.24) is 5.32 Å². The van der Waals surface area contributed by atoms with E-state index in [1.54, 1.807) is 25.2 Å². The Morgan fingerprint density at radius 1 is 1.39 bits per heavy atom. The largest absolute Gasteiger partial charge is 0.387 e. The van der Waals surface area contributed by atoms with E-state index in [9.17, 15) is 9.59 Å². The Hall–Kier alpha value is -1.75. The Kier molecular flexibility index (Phi) is 5.45. The molecule has 0 aliphatic carbocycles. The molecule has 4 N–H and O–H groups in total. The lowest BCUT2D eigenvalue weighted by molar-refractivity contribution is -0.118. The van der Waals surface area contributed by atoms with Gasteiger partial charge in [-0.25, -0.2) is 0 Å². The van der Waals surface area contributed by atoms with Gasteiger partial charge in [-0.15, -0.1) is 0 Å². The number of amides is 2. The molecule has 1 aromatic carbocycles. The van der Waals surface area contributed by atoms with Gasteiger partial charge in [0.2, 0.25) is 5.91 Å². The van der Waals surface area contributed by atoms with E-state index >= 15 is 0 Å². The second kappa shape index (κ2) is 6.86. The van der Waals surface area contributed by atoms with Crippen molar-refractivity contribution in [2.75, 3.05) is 18.9 Å². The lowest BCUT2D eigenvalue weighted by atomic mass is 10.1. The molecule has 0 aliphatic heterocycles. The molecule has 0 atom stereocenters. The van der Waals surface area contributed by atoms with E-state index in [4.69, 9.17) is 17.3 Å². The second-order valence-corrected chi connectivity index (χ2v) is 4.20. The van der Waals surface area contributed by atoms with Crippen molar-refractivity contribution >= 4 is 29.1 Å². The van der Waals surface area contributed by atoms with Crippen molar-refractivity contribution in [2.45, 2.75) is 12.8 Å². The Morgan fingerprint density at radius 3 is 2.72 bits per heavy atom. The molecule has 0 saturated heterocycles. The summed E-state index contributed by atoms with van der Waals surface area (Å²) in [5.74, 6) is -0.603. The molecule has 18 heavy (non-hydrogen) atoms. The summed E-state index contributed by atoms with van der Waals surface area (Å²) in [4.78, 5) is 22.4. The molecule has 1 rings (SSSR count). The third kappa shape index (κ3) is 4.25. The van der Waals surface area contributed by atoms with E-state index in [-0.39, 0.29) is 18.2 Å². The van der Waals surface area contributed by atoms with Crippen LogP contribution >= 0.6 is 11.6 Å². The van der Waals surface area contributed by atoms with Gasteiger partial charge < -0.3 is 16.4 Å². The Bertz CT molecular complexity index is 449. The first-order valence-corrected chi connectivity index (χ1v) is 5.96. The summed E-state index contributed by atoms with van der Waals surface area (Å²) in [5.41, 5.74) is 6.18. The molecule has 0 bridgehead atoms. The molecule has 0 fully saturated rings. The molecule has 2 amide bonds. The summed E-state index contributed by atoms with van der Waals surface area (Å²) in [6.07, 6.45) is 0.783. The van der Waals surface area contributed by atoms with Crippen molar-refractivity contribution in [3.8, 4) is 0 Å². The van der Waals surface area contributed by atoms with Crippen LogP contribution < -0.4 is 16.4 Å². The Morgan fingerprint density at radius 2 is 2.11 bits per heavy atom. The lowest BCUT2D eigenvalue weighted by Gasteiger charge is -2.10. The minimum absolute atomic E-state index is 0.230. The SMILES string of the molecule is CNc1ccc(Cl)cc1C(=O)NCCCC(N)=O. The molecule has 98 valence electrons. The lowest BCUT2D eigenvalue weighted by Crippen LogP contribution is -2.26. The number of anilines is 1. The normalized spacial score (nSPS) is 9.89. The zero-order valence-corrected chi connectivity index (χ0v) is 10.9. The Labute approximate surface area is 111 Å². The summed E-state index contributed by atoms with van der Waals surface area (Å²) >= 11 is 5.85. The Balaban J connectivity index is 2.60. The molecule has 0 aliphatic rings. The molecule has 0 spiro atoms. The molecule has 0 saturated carbocycles. The number of carbonyl (C=O) groups is 2. The molecule has 0 heterocycles. The van der Waals surface area contributed by atoms with E-state index in [0.717, 1.165) is 0 Å². The van der Waals surface area contributed by atoms with Crippen LogP contribution in [0.1, 0.15) is 23.2 Å². The molecule has 5 nitrogen and oxygen atoms in total. The average Bonchev–Trinajstić information content (AvgIpc) is 2.34. The van der Waals surface area contributed by atoms with Crippen LogP contribution in [0.4, 0.5) is 5.69 Å². The third-order valence-electron chi connectivity index (χ3n) is 2.38. The van der Waals surface area contributed by atoms with Gasteiger partial charge in [0, 0.05) is 30.7 Å². The molecule has 0 radical (unpaired) electrons. The standard InChI is InChI=1S/C12H16ClN3O2/c1-15-10-5-4-8(13)7-9(10)12(18)16-6-2-3-11(14)17/h4-5,7,15H,2-3,6H2,1H3,(H2,14,17)(H,16,18).